The molecule has 12 aromatic carbocycles. The lowest BCUT2D eigenvalue weighted by molar-refractivity contribution is -0.217. The van der Waals surface area contributed by atoms with Crippen molar-refractivity contribution >= 4 is 38.9 Å². The largest absolute Gasteiger partial charge is 0.381 e. The molecule has 0 spiro atoms. The van der Waals surface area contributed by atoms with Gasteiger partial charge in [0.15, 0.2) is 0 Å². The second kappa shape index (κ2) is 28.6. The highest BCUT2D eigenvalue weighted by Crippen LogP contribution is 2.59. The molecule has 3 heterocycles. The summed E-state index contributed by atoms with van der Waals surface area (Å²) in [6.45, 7) is 16.1. The van der Waals surface area contributed by atoms with Crippen LogP contribution >= 0.6 is 0 Å². The fourth-order valence-corrected chi connectivity index (χ4v) is 16.6. The molecule has 0 unspecified atom stereocenters. The fraction of sp³-hybridized carbons (Fsp3) is 0.250. The monoisotopic (exact) mass is 1370 g/mol. The Kier molecular flexibility index (Phi) is 18.5. The van der Waals surface area contributed by atoms with Crippen molar-refractivity contribution in [3.8, 4) is 61.3 Å². The lowest BCUT2D eigenvalue weighted by atomic mass is 9.67. The number of ether oxygens (including phenoxy) is 6. The van der Waals surface area contributed by atoms with Crippen molar-refractivity contribution in [3.05, 3.63) is 324 Å². The van der Waals surface area contributed by atoms with Crippen LogP contribution < -0.4 is 4.90 Å². The first kappa shape index (κ1) is 67.2. The Labute approximate surface area is 612 Å². The molecule has 1 aromatic heterocycles. The number of fused-ring (bicyclic) bond motifs is 9. The van der Waals surface area contributed by atoms with Crippen molar-refractivity contribution in [2.75, 3.05) is 71.0 Å². The van der Waals surface area contributed by atoms with E-state index in [1.807, 2.05) is 0 Å². The summed E-state index contributed by atoms with van der Waals surface area (Å²) in [7, 11) is 0. The molecule has 0 bridgehead atoms. The summed E-state index contributed by atoms with van der Waals surface area (Å²) in [5.74, 6) is -1.11. The molecule has 104 heavy (non-hydrogen) atoms. The van der Waals surface area contributed by atoms with E-state index in [1.165, 1.54) is 77.5 Å². The van der Waals surface area contributed by atoms with Gasteiger partial charge in [0.25, 0.3) is 0 Å². The maximum absolute atomic E-state index is 7.34. The van der Waals surface area contributed by atoms with Crippen molar-refractivity contribution in [2.24, 2.45) is 10.8 Å². The molecule has 2 saturated heterocycles. The lowest BCUT2D eigenvalue weighted by Gasteiger charge is -2.37. The third-order valence-corrected chi connectivity index (χ3v) is 22.4. The van der Waals surface area contributed by atoms with E-state index >= 15 is 0 Å². The Morgan fingerprint density at radius 1 is 0.346 bits per heavy atom. The molecule has 13 aromatic rings. The average molecular weight is 1370 g/mol. The first-order valence-electron chi connectivity index (χ1n) is 37.5. The predicted molar refractivity (Wildman–Crippen MR) is 424 cm³/mol. The van der Waals surface area contributed by atoms with Crippen LogP contribution in [0, 0.1) is 24.7 Å². The normalized spacial score (nSPS) is 15.4. The van der Waals surface area contributed by atoms with Gasteiger partial charge in [-0.1, -0.05) is 219 Å². The molecule has 4 aliphatic rings. The number of anilines is 3. The second-order valence-corrected chi connectivity index (χ2v) is 30.1. The Morgan fingerprint density at radius 3 is 1.30 bits per heavy atom. The Balaban J connectivity index is 0.745. The Bertz CT molecular complexity index is 5060. The van der Waals surface area contributed by atoms with Gasteiger partial charge in [-0.2, -0.15) is 0 Å². The van der Waals surface area contributed by atoms with Crippen molar-refractivity contribution in [1.29, 1.82) is 0 Å². The molecule has 0 amide bonds. The molecule has 8 nitrogen and oxygen atoms in total. The van der Waals surface area contributed by atoms with Gasteiger partial charge in [-0.25, -0.2) is 0 Å². The minimum absolute atomic E-state index is 0.236. The number of rotatable bonds is 27. The number of benzene rings is 12. The van der Waals surface area contributed by atoms with Crippen LogP contribution in [0.15, 0.2) is 279 Å². The van der Waals surface area contributed by atoms with Crippen LogP contribution in [0.5, 0.6) is 0 Å². The molecular formula is C96H90N2O6. The van der Waals surface area contributed by atoms with Crippen LogP contribution in [0.4, 0.5) is 17.1 Å². The zero-order valence-electron chi connectivity index (χ0n) is 60.2. The summed E-state index contributed by atoms with van der Waals surface area (Å²) >= 11 is 0. The molecule has 8 heteroatoms. The van der Waals surface area contributed by atoms with Crippen LogP contribution in [0.2, 0.25) is 0 Å². The maximum Gasteiger partial charge on any atom is 0.223 e. The minimum Gasteiger partial charge on any atom is -0.381 e. The summed E-state index contributed by atoms with van der Waals surface area (Å²) in [5, 5.41) is 2.39. The summed E-state index contributed by atoms with van der Waals surface area (Å²) in [6, 6.07) is 104. The SMILES string of the molecule is Cc1ccc2c(c1)C(OCCCCOCCC1(C)COC1)(OCCCCOCCC1(C)COC1)c1cc(-c3ccc4c(c3)c3cc(C)ccc3n4-c3ccc4c(c3)C(c3ccccc3)(c3ccccc3)c3cc(N(c5ccc(-c6ccccc6)cc5)c5ccc(-c6ccccc6)cc5)ccc3-4)ccc1-2. The van der Waals surface area contributed by atoms with Gasteiger partial charge in [-0.15, -0.1) is 0 Å². The molecular weight excluding hydrogens is 1280 g/mol. The number of aromatic nitrogens is 1. The third-order valence-electron chi connectivity index (χ3n) is 22.4. The van der Waals surface area contributed by atoms with Gasteiger partial charge in [0.1, 0.15) is 0 Å². The third kappa shape index (κ3) is 12.6. The fourth-order valence-electron chi connectivity index (χ4n) is 16.6. The van der Waals surface area contributed by atoms with Crippen molar-refractivity contribution in [3.63, 3.8) is 0 Å². The number of nitrogens with zero attached hydrogens (tertiary/aromatic N) is 2. The smallest absolute Gasteiger partial charge is 0.223 e. The van der Waals surface area contributed by atoms with Crippen molar-refractivity contribution in [2.45, 2.75) is 77.4 Å². The highest BCUT2D eigenvalue weighted by molar-refractivity contribution is 6.11. The topological polar surface area (TPSA) is 63.6 Å². The van der Waals surface area contributed by atoms with Gasteiger partial charge in [0, 0.05) is 81.9 Å². The van der Waals surface area contributed by atoms with Gasteiger partial charge in [0.05, 0.1) is 56.1 Å². The van der Waals surface area contributed by atoms with E-state index in [0.717, 1.165) is 145 Å². The maximum atomic E-state index is 7.34. The van der Waals surface area contributed by atoms with Gasteiger partial charge < -0.3 is 37.9 Å². The van der Waals surface area contributed by atoms with Crippen molar-refractivity contribution in [1.82, 2.24) is 4.57 Å². The molecule has 0 radical (unpaired) electrons. The Hall–Kier alpha value is -10.0. The van der Waals surface area contributed by atoms with E-state index in [4.69, 9.17) is 28.4 Å². The van der Waals surface area contributed by atoms with E-state index in [2.05, 4.69) is 316 Å². The lowest BCUT2D eigenvalue weighted by Crippen LogP contribution is -2.40. The van der Waals surface area contributed by atoms with Crippen LogP contribution in [0.3, 0.4) is 0 Å². The van der Waals surface area contributed by atoms with E-state index < -0.39 is 11.2 Å². The molecule has 0 N–H and O–H groups in total. The molecule has 0 atom stereocenters. The zero-order chi connectivity index (χ0) is 70.2. The molecule has 0 saturated carbocycles. The number of unbranched alkanes of at least 4 members (excludes halogenated alkanes) is 2. The van der Waals surface area contributed by atoms with Crippen LogP contribution in [0.1, 0.15) is 96.9 Å². The van der Waals surface area contributed by atoms with E-state index in [9.17, 15) is 0 Å². The summed E-state index contributed by atoms with van der Waals surface area (Å²) in [6.07, 6.45) is 5.50. The predicted octanol–water partition coefficient (Wildman–Crippen LogP) is 22.9. The van der Waals surface area contributed by atoms with E-state index in [-0.39, 0.29) is 10.8 Å². The second-order valence-electron chi connectivity index (χ2n) is 30.1. The molecule has 2 fully saturated rings. The molecule has 17 rings (SSSR count). The standard InChI is InChI=1S/C96H90N2O6/c1-67-30-47-91-85(57-67)86-59-73(74-35-44-84-83-43-29-68(2)58-89(83)96(90(84)60-74,103-53-19-17-51-99-55-49-93(3)63-101-64-93)104-54-20-18-52-100-56-50-94(4)65-102-66-94)36-48-92(86)98(91)80-42-46-82-81-45-41-79(61-87(81)95(88(82)62-80,75-25-13-7-14-26-75)76-27-15-8-16-28-76)97(77-37-31-71(32-38-77)69-21-9-5-10-22-69)78-39-33-72(34-40-78)70-23-11-6-12-24-70/h5-16,21-48,57-62H,17-20,49-56,63-66H2,1-4H3. The van der Waals surface area contributed by atoms with Crippen LogP contribution in [-0.4, -0.2) is 70.6 Å². The molecule has 2 aliphatic heterocycles. The first-order valence-corrected chi connectivity index (χ1v) is 37.5. The van der Waals surface area contributed by atoms with E-state index in [0.29, 0.717) is 26.4 Å². The number of hydrogen-bond donors (Lipinski definition) is 0. The quantitative estimate of drug-likeness (QED) is 0.0375. The van der Waals surface area contributed by atoms with Gasteiger partial charge in [0.2, 0.25) is 5.79 Å². The highest BCUT2D eigenvalue weighted by Gasteiger charge is 2.48. The summed E-state index contributed by atoms with van der Waals surface area (Å²) < 4.78 is 40.6. The van der Waals surface area contributed by atoms with Crippen LogP contribution in [0.25, 0.3) is 83.1 Å². The highest BCUT2D eigenvalue weighted by atomic mass is 16.7. The summed E-state index contributed by atoms with van der Waals surface area (Å²) in [4.78, 5) is 2.43. The zero-order valence-corrected chi connectivity index (χ0v) is 60.2. The van der Waals surface area contributed by atoms with E-state index in [1.54, 1.807) is 0 Å². The number of aryl methyl sites for hydroxylation is 2. The Morgan fingerprint density at radius 2 is 0.750 bits per heavy atom. The number of hydrogen-bond acceptors (Lipinski definition) is 7. The van der Waals surface area contributed by atoms with Crippen molar-refractivity contribution < 1.29 is 28.4 Å². The minimum atomic E-state index is -1.11. The van der Waals surface area contributed by atoms with Crippen LogP contribution in [-0.2, 0) is 39.6 Å². The summed E-state index contributed by atoms with van der Waals surface area (Å²) in [5.41, 5.74) is 27.4. The first-order chi connectivity index (χ1) is 51.0. The van der Waals surface area contributed by atoms with Gasteiger partial charge >= 0.3 is 0 Å². The van der Waals surface area contributed by atoms with Gasteiger partial charge in [-0.05, 0) is 215 Å². The average Bonchev–Trinajstić information content (AvgIpc) is 1.51. The molecule has 2 aliphatic carbocycles. The molecule has 520 valence electrons. The van der Waals surface area contributed by atoms with Gasteiger partial charge in [-0.3, -0.25) is 0 Å².